The van der Waals surface area contributed by atoms with Crippen molar-refractivity contribution >= 4 is 5.91 Å². The van der Waals surface area contributed by atoms with Gasteiger partial charge in [0.25, 0.3) is 5.91 Å². The Morgan fingerprint density at radius 1 is 1.17 bits per heavy atom. The molecule has 0 bridgehead atoms. The second-order valence-electron chi connectivity index (χ2n) is 5.29. The molecule has 2 aromatic rings. The molecule has 0 saturated carbocycles. The molecule has 4 nitrogen and oxygen atoms in total. The van der Waals surface area contributed by atoms with Crippen molar-refractivity contribution in [1.29, 1.82) is 0 Å². The largest absolute Gasteiger partial charge is 0.489 e. The molecule has 1 amide bonds. The summed E-state index contributed by atoms with van der Waals surface area (Å²) in [6.45, 7) is 1.81. The maximum Gasteiger partial charge on any atom is 0.251 e. The Hall–Kier alpha value is -2.40. The molecule has 0 saturated heterocycles. The summed E-state index contributed by atoms with van der Waals surface area (Å²) in [5.74, 6) is -0.168. The summed E-state index contributed by atoms with van der Waals surface area (Å²) in [5.41, 5.74) is 1.74. The van der Waals surface area contributed by atoms with E-state index in [0.717, 1.165) is 12.1 Å². The zero-order chi connectivity index (χ0) is 16.7. The van der Waals surface area contributed by atoms with Crippen LogP contribution in [0.4, 0.5) is 4.39 Å². The Bertz CT molecular complexity index is 644. The summed E-state index contributed by atoms with van der Waals surface area (Å²) in [6, 6.07) is 13.8. The topological polar surface area (TPSA) is 41.6 Å². The monoisotopic (exact) mass is 316 g/mol. The molecule has 0 atom stereocenters. The third-order valence-electron chi connectivity index (χ3n) is 3.46. The molecule has 0 spiro atoms. The van der Waals surface area contributed by atoms with Gasteiger partial charge >= 0.3 is 0 Å². The van der Waals surface area contributed by atoms with E-state index < -0.39 is 0 Å². The Morgan fingerprint density at radius 2 is 1.87 bits per heavy atom. The lowest BCUT2D eigenvalue weighted by atomic mass is 10.1. The van der Waals surface area contributed by atoms with E-state index >= 15 is 0 Å². The molecule has 0 unspecified atom stereocenters. The van der Waals surface area contributed by atoms with Gasteiger partial charge < -0.3 is 10.1 Å². The van der Waals surface area contributed by atoms with Gasteiger partial charge in [-0.3, -0.25) is 9.69 Å². The molecule has 0 fully saturated rings. The zero-order valence-electron chi connectivity index (χ0n) is 13.4. The molecule has 0 aromatic heterocycles. The van der Waals surface area contributed by atoms with E-state index in [4.69, 9.17) is 4.74 Å². The molecule has 23 heavy (non-hydrogen) atoms. The van der Waals surface area contributed by atoms with Crippen LogP contribution in [0.15, 0.2) is 48.5 Å². The van der Waals surface area contributed by atoms with Crippen molar-refractivity contribution in [3.05, 3.63) is 65.5 Å². The lowest BCUT2D eigenvalue weighted by Crippen LogP contribution is -2.24. The first kappa shape index (κ1) is 17.0. The van der Waals surface area contributed by atoms with Gasteiger partial charge in [0.15, 0.2) is 11.6 Å². The quantitative estimate of drug-likeness (QED) is 0.854. The van der Waals surface area contributed by atoms with Crippen molar-refractivity contribution in [3.8, 4) is 5.75 Å². The highest BCUT2D eigenvalue weighted by Crippen LogP contribution is 2.15. The van der Waals surface area contributed by atoms with Gasteiger partial charge in [0.05, 0.1) is 0 Å². The minimum absolute atomic E-state index is 0.0943. The van der Waals surface area contributed by atoms with Crippen molar-refractivity contribution in [3.63, 3.8) is 0 Å². The standard InChI is InChI=1S/C18H21FN2O2/c1-20-18(22)15-9-7-14(8-10-15)13-21(2)11-12-23-17-6-4-3-5-16(17)19/h3-10H,11-13H2,1-2H3,(H,20,22). The van der Waals surface area contributed by atoms with E-state index in [2.05, 4.69) is 10.2 Å². The van der Waals surface area contributed by atoms with Gasteiger partial charge in [0.2, 0.25) is 0 Å². The van der Waals surface area contributed by atoms with Crippen LogP contribution in [0.3, 0.4) is 0 Å². The minimum atomic E-state index is -0.347. The lowest BCUT2D eigenvalue weighted by Gasteiger charge is -2.17. The molecule has 122 valence electrons. The number of hydrogen-bond donors (Lipinski definition) is 1. The summed E-state index contributed by atoms with van der Waals surface area (Å²) in [4.78, 5) is 13.6. The van der Waals surface area contributed by atoms with Crippen LogP contribution in [0, 0.1) is 5.82 Å². The SMILES string of the molecule is CNC(=O)c1ccc(CN(C)CCOc2ccccc2F)cc1. The van der Waals surface area contributed by atoms with Crippen LogP contribution >= 0.6 is 0 Å². The summed E-state index contributed by atoms with van der Waals surface area (Å²) >= 11 is 0. The normalized spacial score (nSPS) is 10.6. The Kier molecular flexibility index (Phi) is 6.11. The first-order chi connectivity index (χ1) is 11.1. The van der Waals surface area contributed by atoms with Crippen LogP contribution in [-0.2, 0) is 6.54 Å². The van der Waals surface area contributed by atoms with Crippen LogP contribution in [0.1, 0.15) is 15.9 Å². The molecular weight excluding hydrogens is 295 g/mol. The molecule has 0 heterocycles. The van der Waals surface area contributed by atoms with E-state index in [-0.39, 0.29) is 17.5 Å². The van der Waals surface area contributed by atoms with E-state index in [9.17, 15) is 9.18 Å². The molecular formula is C18H21FN2O2. The number of benzene rings is 2. The van der Waals surface area contributed by atoms with Crippen molar-refractivity contribution < 1.29 is 13.9 Å². The summed E-state index contributed by atoms with van der Waals surface area (Å²) in [5, 5.41) is 2.59. The molecule has 0 aliphatic heterocycles. The lowest BCUT2D eigenvalue weighted by molar-refractivity contribution is 0.0963. The van der Waals surface area contributed by atoms with Gasteiger partial charge in [0.1, 0.15) is 6.61 Å². The van der Waals surface area contributed by atoms with E-state index in [0.29, 0.717) is 18.7 Å². The zero-order valence-corrected chi connectivity index (χ0v) is 13.4. The van der Waals surface area contributed by atoms with Crippen LogP contribution in [-0.4, -0.2) is 38.1 Å². The highest BCUT2D eigenvalue weighted by molar-refractivity contribution is 5.93. The van der Waals surface area contributed by atoms with Gasteiger partial charge in [-0.1, -0.05) is 24.3 Å². The Balaban J connectivity index is 1.79. The summed E-state index contributed by atoms with van der Waals surface area (Å²) in [6.07, 6.45) is 0. The van der Waals surface area contributed by atoms with Gasteiger partial charge in [-0.25, -0.2) is 4.39 Å². The molecule has 0 radical (unpaired) electrons. The molecule has 1 N–H and O–H groups in total. The number of nitrogens with zero attached hydrogens (tertiary/aromatic N) is 1. The number of halogens is 1. The highest BCUT2D eigenvalue weighted by Gasteiger charge is 2.06. The smallest absolute Gasteiger partial charge is 0.251 e. The Labute approximate surface area is 135 Å². The summed E-state index contributed by atoms with van der Waals surface area (Å²) < 4.78 is 18.9. The van der Waals surface area contributed by atoms with Crippen molar-refractivity contribution in [2.24, 2.45) is 0 Å². The fourth-order valence-corrected chi connectivity index (χ4v) is 2.17. The van der Waals surface area contributed by atoms with Crippen LogP contribution in [0.25, 0.3) is 0 Å². The molecule has 2 rings (SSSR count). The average Bonchev–Trinajstić information content (AvgIpc) is 2.56. The fraction of sp³-hybridized carbons (Fsp3) is 0.278. The molecule has 5 heteroatoms. The van der Waals surface area contributed by atoms with E-state index in [1.54, 1.807) is 37.4 Å². The number of carbonyl (C=O) groups excluding carboxylic acids is 1. The van der Waals surface area contributed by atoms with Crippen molar-refractivity contribution in [2.75, 3.05) is 27.2 Å². The maximum atomic E-state index is 13.4. The van der Waals surface area contributed by atoms with Gasteiger partial charge in [0, 0.05) is 25.7 Å². The predicted molar refractivity (Wildman–Crippen MR) is 88.1 cm³/mol. The first-order valence-electron chi connectivity index (χ1n) is 7.47. The van der Waals surface area contributed by atoms with Gasteiger partial charge in [-0.2, -0.15) is 0 Å². The predicted octanol–water partition coefficient (Wildman–Crippen LogP) is 2.70. The number of hydrogen-bond acceptors (Lipinski definition) is 3. The third kappa shape index (κ3) is 5.07. The highest BCUT2D eigenvalue weighted by atomic mass is 19.1. The number of likely N-dealkylation sites (N-methyl/N-ethyl adjacent to an activating group) is 1. The number of para-hydroxylation sites is 1. The Morgan fingerprint density at radius 3 is 2.52 bits per heavy atom. The molecule has 0 aliphatic rings. The average molecular weight is 316 g/mol. The van der Waals surface area contributed by atoms with Crippen molar-refractivity contribution in [1.82, 2.24) is 10.2 Å². The van der Waals surface area contributed by atoms with Crippen molar-refractivity contribution in [2.45, 2.75) is 6.54 Å². The molecule has 2 aromatic carbocycles. The second kappa shape index (κ2) is 8.29. The fourth-order valence-electron chi connectivity index (χ4n) is 2.17. The maximum absolute atomic E-state index is 13.4. The number of carbonyl (C=O) groups is 1. The van der Waals surface area contributed by atoms with Gasteiger partial charge in [-0.15, -0.1) is 0 Å². The number of amides is 1. The summed E-state index contributed by atoms with van der Waals surface area (Å²) in [7, 11) is 3.58. The number of rotatable bonds is 7. The van der Waals surface area contributed by atoms with Crippen LogP contribution in [0.5, 0.6) is 5.75 Å². The first-order valence-corrected chi connectivity index (χ1v) is 7.47. The molecule has 0 aliphatic carbocycles. The van der Waals surface area contributed by atoms with E-state index in [1.165, 1.54) is 6.07 Å². The second-order valence-corrected chi connectivity index (χ2v) is 5.29. The number of ether oxygens (including phenoxy) is 1. The van der Waals surface area contributed by atoms with Crippen LogP contribution in [0.2, 0.25) is 0 Å². The minimum Gasteiger partial charge on any atom is -0.489 e. The third-order valence-corrected chi connectivity index (χ3v) is 3.46. The number of nitrogens with one attached hydrogen (secondary N) is 1. The van der Waals surface area contributed by atoms with E-state index in [1.807, 2.05) is 19.2 Å². The van der Waals surface area contributed by atoms with Gasteiger partial charge in [-0.05, 0) is 36.9 Å². The van der Waals surface area contributed by atoms with Crippen LogP contribution < -0.4 is 10.1 Å².